The number of aromatic nitrogens is 4. The molecule has 0 saturated carbocycles. The van der Waals surface area contributed by atoms with Crippen molar-refractivity contribution in [2.45, 2.75) is 25.1 Å². The van der Waals surface area contributed by atoms with Crippen LogP contribution in [0.4, 0.5) is 14.7 Å². The lowest BCUT2D eigenvalue weighted by Crippen LogP contribution is -2.36. The number of benzene rings is 2. The zero-order valence-corrected chi connectivity index (χ0v) is 18.7. The molecule has 1 amide bonds. The normalized spacial score (nSPS) is 16.2. The molecule has 0 spiro atoms. The molecule has 1 aliphatic heterocycles. The zero-order chi connectivity index (χ0) is 25.4. The Bertz CT molecular complexity index is 1530. The number of halogens is 2. The SMILES string of the molecule is N#Cc1cccc(-c2cc3nc(C(O)c4c(F)cccc4CN[C@H]4CCNC4=O)nn3c(N)n2)c1F. The first-order chi connectivity index (χ1) is 17.4. The van der Waals surface area contributed by atoms with E-state index >= 15 is 0 Å². The number of hydrogen-bond acceptors (Lipinski definition) is 8. The summed E-state index contributed by atoms with van der Waals surface area (Å²) >= 11 is 0. The summed E-state index contributed by atoms with van der Waals surface area (Å²) < 4.78 is 30.7. The van der Waals surface area contributed by atoms with Crippen LogP contribution in [0.2, 0.25) is 0 Å². The number of hydrogen-bond donors (Lipinski definition) is 4. The van der Waals surface area contributed by atoms with Crippen LogP contribution in [0.3, 0.4) is 0 Å². The van der Waals surface area contributed by atoms with E-state index in [1.54, 1.807) is 12.1 Å². The van der Waals surface area contributed by atoms with Crippen LogP contribution in [0.5, 0.6) is 0 Å². The summed E-state index contributed by atoms with van der Waals surface area (Å²) in [4.78, 5) is 20.3. The van der Waals surface area contributed by atoms with E-state index in [0.717, 1.165) is 4.52 Å². The summed E-state index contributed by atoms with van der Waals surface area (Å²) in [5.41, 5.74) is 6.57. The summed E-state index contributed by atoms with van der Waals surface area (Å²) in [6.07, 6.45) is -0.950. The molecule has 10 nitrogen and oxygen atoms in total. The maximum atomic E-state index is 14.9. The van der Waals surface area contributed by atoms with Gasteiger partial charge in [0.15, 0.2) is 11.5 Å². The summed E-state index contributed by atoms with van der Waals surface area (Å²) in [6, 6.07) is 11.4. The maximum absolute atomic E-state index is 14.9. The molecule has 2 atom stereocenters. The van der Waals surface area contributed by atoms with Gasteiger partial charge in [-0.25, -0.2) is 18.7 Å². The van der Waals surface area contributed by atoms with Gasteiger partial charge < -0.3 is 21.5 Å². The van der Waals surface area contributed by atoms with Gasteiger partial charge in [-0.2, -0.15) is 9.78 Å². The largest absolute Gasteiger partial charge is 0.380 e. The molecule has 1 saturated heterocycles. The average Bonchev–Trinajstić information content (AvgIpc) is 3.49. The predicted octanol–water partition coefficient (Wildman–Crippen LogP) is 1.58. The van der Waals surface area contributed by atoms with Gasteiger partial charge in [-0.1, -0.05) is 18.2 Å². The molecule has 182 valence electrons. The Morgan fingerprint density at radius 1 is 1.28 bits per heavy atom. The Labute approximate surface area is 203 Å². The van der Waals surface area contributed by atoms with Crippen LogP contribution in [0.15, 0.2) is 42.5 Å². The van der Waals surface area contributed by atoms with Crippen molar-refractivity contribution in [1.29, 1.82) is 5.26 Å². The number of nitrogens with zero attached hydrogens (tertiary/aromatic N) is 5. The van der Waals surface area contributed by atoms with Gasteiger partial charge in [0, 0.05) is 30.3 Å². The van der Waals surface area contributed by atoms with Crippen LogP contribution < -0.4 is 16.4 Å². The molecule has 2 aromatic heterocycles. The molecule has 2 aromatic carbocycles. The van der Waals surface area contributed by atoms with Gasteiger partial charge in [-0.3, -0.25) is 4.79 Å². The molecule has 0 radical (unpaired) electrons. The average molecular weight is 490 g/mol. The quantitative estimate of drug-likeness (QED) is 0.318. The van der Waals surface area contributed by atoms with Crippen LogP contribution in [-0.2, 0) is 11.3 Å². The molecule has 5 N–H and O–H groups in total. The van der Waals surface area contributed by atoms with Crippen molar-refractivity contribution in [1.82, 2.24) is 30.2 Å². The van der Waals surface area contributed by atoms with E-state index in [0.29, 0.717) is 18.5 Å². The van der Waals surface area contributed by atoms with Crippen molar-refractivity contribution in [2.24, 2.45) is 0 Å². The second-order valence-electron chi connectivity index (χ2n) is 8.25. The van der Waals surface area contributed by atoms with E-state index < -0.39 is 23.8 Å². The van der Waals surface area contributed by atoms with Gasteiger partial charge >= 0.3 is 0 Å². The molecule has 1 fully saturated rings. The van der Waals surface area contributed by atoms with Crippen LogP contribution in [-0.4, -0.2) is 43.2 Å². The first kappa shape index (κ1) is 23.3. The molecule has 3 heterocycles. The number of fused-ring (bicyclic) bond motifs is 1. The van der Waals surface area contributed by atoms with E-state index in [2.05, 4.69) is 25.7 Å². The minimum Gasteiger partial charge on any atom is -0.380 e. The molecule has 1 unspecified atom stereocenters. The molecule has 0 aliphatic carbocycles. The Morgan fingerprint density at radius 3 is 2.83 bits per heavy atom. The number of nitrogen functional groups attached to an aromatic ring is 1. The highest BCUT2D eigenvalue weighted by Gasteiger charge is 2.27. The van der Waals surface area contributed by atoms with Crippen molar-refractivity contribution in [3.8, 4) is 17.3 Å². The lowest BCUT2D eigenvalue weighted by atomic mass is 10.0. The number of nitrogens with two attached hydrogens (primary N) is 1. The van der Waals surface area contributed by atoms with Crippen LogP contribution in [0.25, 0.3) is 16.9 Å². The zero-order valence-electron chi connectivity index (χ0n) is 18.7. The highest BCUT2D eigenvalue weighted by Crippen LogP contribution is 2.29. The third-order valence-corrected chi connectivity index (χ3v) is 6.01. The Kier molecular flexibility index (Phi) is 6.01. The number of carbonyl (C=O) groups excluding carboxylic acids is 1. The molecule has 12 heteroatoms. The number of aliphatic hydroxyl groups excluding tert-OH is 1. The van der Waals surface area contributed by atoms with Crippen molar-refractivity contribution >= 4 is 17.5 Å². The molecule has 1 aliphatic rings. The van der Waals surface area contributed by atoms with E-state index in [9.17, 15) is 18.7 Å². The number of amides is 1. The van der Waals surface area contributed by atoms with Crippen LogP contribution >= 0.6 is 0 Å². The number of carbonyl (C=O) groups is 1. The predicted molar refractivity (Wildman–Crippen MR) is 124 cm³/mol. The molecular formula is C24H20F2N8O2. The van der Waals surface area contributed by atoms with E-state index in [4.69, 9.17) is 11.0 Å². The van der Waals surface area contributed by atoms with Crippen LogP contribution in [0.1, 0.15) is 35.0 Å². The number of anilines is 1. The maximum Gasteiger partial charge on any atom is 0.237 e. The van der Waals surface area contributed by atoms with E-state index in [1.807, 2.05) is 0 Å². The highest BCUT2D eigenvalue weighted by atomic mass is 19.1. The van der Waals surface area contributed by atoms with Gasteiger partial charge in [0.2, 0.25) is 11.9 Å². The van der Waals surface area contributed by atoms with Crippen LogP contribution in [0, 0.1) is 23.0 Å². The Hall–Kier alpha value is -4.47. The summed E-state index contributed by atoms with van der Waals surface area (Å²) in [7, 11) is 0. The standard InChI is InChI=1S/C24H20F2N8O2/c25-15-6-2-4-13(11-30-16-7-8-29-23(16)36)19(15)21(35)22-32-18-9-17(31-24(28)34(18)33-22)14-5-1-3-12(10-27)20(14)26/h1-6,9,16,21,30,35H,7-8,11H2,(H2,28,31)(H,29,36)/t16-,21?/m0/s1. The Balaban J connectivity index is 1.50. The van der Waals surface area contributed by atoms with E-state index in [1.165, 1.54) is 36.4 Å². The van der Waals surface area contributed by atoms with Crippen molar-refractivity contribution in [3.05, 3.63) is 76.6 Å². The fraction of sp³-hybridized carbons (Fsp3) is 0.208. The third-order valence-electron chi connectivity index (χ3n) is 6.01. The summed E-state index contributed by atoms with van der Waals surface area (Å²) in [5, 5.41) is 30.1. The molecule has 4 aromatic rings. The van der Waals surface area contributed by atoms with Gasteiger partial charge in [0.05, 0.1) is 17.3 Å². The number of rotatable bonds is 6. The topological polar surface area (TPSA) is 154 Å². The molecule has 0 bridgehead atoms. The minimum absolute atomic E-state index is 0.0427. The highest BCUT2D eigenvalue weighted by molar-refractivity contribution is 5.83. The third kappa shape index (κ3) is 4.10. The molecular weight excluding hydrogens is 470 g/mol. The smallest absolute Gasteiger partial charge is 0.237 e. The van der Waals surface area contributed by atoms with Gasteiger partial charge in [-0.05, 0) is 30.2 Å². The van der Waals surface area contributed by atoms with Gasteiger partial charge in [0.1, 0.15) is 23.8 Å². The first-order valence-electron chi connectivity index (χ1n) is 11.1. The van der Waals surface area contributed by atoms with Gasteiger partial charge in [-0.15, -0.1) is 5.10 Å². The molecule has 5 rings (SSSR count). The summed E-state index contributed by atoms with van der Waals surface area (Å²) in [5.74, 6) is -1.84. The second kappa shape index (κ2) is 9.29. The van der Waals surface area contributed by atoms with Crippen molar-refractivity contribution in [2.75, 3.05) is 12.3 Å². The lowest BCUT2D eigenvalue weighted by Gasteiger charge is -2.16. The van der Waals surface area contributed by atoms with Crippen molar-refractivity contribution < 1.29 is 18.7 Å². The first-order valence-corrected chi connectivity index (χ1v) is 11.1. The molecule has 36 heavy (non-hydrogen) atoms. The minimum atomic E-state index is -1.55. The summed E-state index contributed by atoms with van der Waals surface area (Å²) in [6.45, 7) is 0.695. The van der Waals surface area contributed by atoms with Gasteiger partial charge in [0.25, 0.3) is 0 Å². The number of aliphatic hydroxyl groups is 1. The second-order valence-corrected chi connectivity index (χ2v) is 8.25. The fourth-order valence-electron chi connectivity index (χ4n) is 4.19. The monoisotopic (exact) mass is 490 g/mol. The van der Waals surface area contributed by atoms with E-state index in [-0.39, 0.29) is 52.3 Å². The number of nitriles is 1. The lowest BCUT2D eigenvalue weighted by molar-refractivity contribution is -0.120. The fourth-order valence-corrected chi connectivity index (χ4v) is 4.19. The Morgan fingerprint density at radius 2 is 2.08 bits per heavy atom. The van der Waals surface area contributed by atoms with Crippen molar-refractivity contribution in [3.63, 3.8) is 0 Å². The number of nitrogens with one attached hydrogen (secondary N) is 2.